The molecule has 27 heteroatoms. The molecular formula is C21H33O24P3. The molecule has 0 spiro atoms. The van der Waals surface area contributed by atoms with Gasteiger partial charge in [-0.05, 0) is 0 Å². The second kappa shape index (κ2) is 18.8. The fourth-order valence-corrected chi connectivity index (χ4v) is 6.20. The third kappa shape index (κ3) is 14.7. The number of rotatable bonds is 21. The van der Waals surface area contributed by atoms with E-state index in [1.165, 1.54) is 20.8 Å². The number of carboxylic acid groups (broad SMARTS) is 3. The van der Waals surface area contributed by atoms with Crippen LogP contribution in [0.5, 0.6) is 0 Å². The summed E-state index contributed by atoms with van der Waals surface area (Å²) in [6, 6.07) is 0. The minimum atomic E-state index is -5.81. The van der Waals surface area contributed by atoms with Crippen LogP contribution in [0.25, 0.3) is 0 Å². The van der Waals surface area contributed by atoms with E-state index in [-0.39, 0.29) is 0 Å². The van der Waals surface area contributed by atoms with Gasteiger partial charge in [0.1, 0.15) is 18.3 Å². The molecule has 0 saturated heterocycles. The smallest absolute Gasteiger partial charge is 0.473 e. The van der Waals surface area contributed by atoms with E-state index in [4.69, 9.17) is 43.1 Å². The van der Waals surface area contributed by atoms with Crippen LogP contribution in [-0.2, 0) is 83.8 Å². The molecule has 1 saturated carbocycles. The van der Waals surface area contributed by atoms with E-state index in [2.05, 4.69) is 13.6 Å². The lowest BCUT2D eigenvalue weighted by molar-refractivity contribution is -0.241. The van der Waals surface area contributed by atoms with E-state index in [1.54, 1.807) is 0 Å². The lowest BCUT2D eigenvalue weighted by Crippen LogP contribution is -2.68. The van der Waals surface area contributed by atoms with Gasteiger partial charge in [0.05, 0.1) is 0 Å². The van der Waals surface area contributed by atoms with Gasteiger partial charge in [-0.25, -0.2) is 28.1 Å². The first-order valence-electron chi connectivity index (χ1n) is 13.3. The topological polar surface area (TPSA) is 358 Å². The van der Waals surface area contributed by atoms with Gasteiger partial charge < -0.3 is 44.2 Å². The Labute approximate surface area is 269 Å². The maximum Gasteiger partial charge on any atom is 0.473 e. The summed E-state index contributed by atoms with van der Waals surface area (Å²) in [6.07, 6.45) is -16.7. The van der Waals surface area contributed by atoms with E-state index < -0.39 is 135 Å². The van der Waals surface area contributed by atoms with E-state index in [0.717, 1.165) is 0 Å². The highest BCUT2D eigenvalue weighted by atomic mass is 31.2. The van der Waals surface area contributed by atoms with Crippen LogP contribution in [0.3, 0.4) is 0 Å². The highest BCUT2D eigenvalue weighted by Crippen LogP contribution is 2.55. The second-order valence-corrected chi connectivity index (χ2v) is 13.3. The van der Waals surface area contributed by atoms with Crippen molar-refractivity contribution in [2.24, 2.45) is 0 Å². The molecule has 1 fully saturated rings. The Hall–Kier alpha value is -2.85. The Morgan fingerprint density at radius 2 is 0.667 bits per heavy atom. The molecule has 0 aromatic rings. The Morgan fingerprint density at radius 3 is 0.875 bits per heavy atom. The number of carbonyl (C=O) groups is 6. The van der Waals surface area contributed by atoms with Crippen molar-refractivity contribution in [1.29, 1.82) is 0 Å². The van der Waals surface area contributed by atoms with Crippen molar-refractivity contribution in [3.8, 4) is 0 Å². The molecule has 1 rings (SSSR count). The minimum absolute atomic E-state index is 0.467. The van der Waals surface area contributed by atoms with E-state index in [0.29, 0.717) is 0 Å². The minimum Gasteiger partial charge on any atom is -0.480 e. The number of carboxylic acids is 3. The van der Waals surface area contributed by atoms with Crippen molar-refractivity contribution >= 4 is 59.3 Å². The van der Waals surface area contributed by atoms with E-state index in [9.17, 15) is 57.1 Å². The van der Waals surface area contributed by atoms with Crippen molar-refractivity contribution in [1.82, 2.24) is 0 Å². The van der Waals surface area contributed by atoms with Gasteiger partial charge in [0.25, 0.3) is 0 Å². The molecule has 0 radical (unpaired) electrons. The van der Waals surface area contributed by atoms with E-state index in [1.807, 2.05) is 0 Å². The lowest BCUT2D eigenvalue weighted by atomic mass is 9.84. The molecule has 0 aliphatic heterocycles. The number of hydrogen-bond acceptors (Lipinski definition) is 18. The molecule has 0 heterocycles. The highest BCUT2D eigenvalue weighted by molar-refractivity contribution is 7.48. The van der Waals surface area contributed by atoms with Crippen LogP contribution in [0.15, 0.2) is 0 Å². The van der Waals surface area contributed by atoms with Gasteiger partial charge in [0.2, 0.25) is 0 Å². The van der Waals surface area contributed by atoms with Crippen LogP contribution in [0, 0.1) is 0 Å². The van der Waals surface area contributed by atoms with Crippen LogP contribution >= 0.6 is 23.5 Å². The largest absolute Gasteiger partial charge is 0.480 e. The van der Waals surface area contributed by atoms with Gasteiger partial charge in [-0.1, -0.05) is 20.8 Å². The number of phosphoric ester groups is 3. The third-order valence-corrected chi connectivity index (χ3v) is 8.33. The zero-order chi connectivity index (χ0) is 37.0. The molecule has 24 nitrogen and oxygen atoms in total. The van der Waals surface area contributed by atoms with Crippen molar-refractivity contribution < 1.29 is 114 Å². The maximum atomic E-state index is 12.9. The van der Waals surface area contributed by atoms with Crippen molar-refractivity contribution in [2.75, 3.05) is 19.8 Å². The quantitative estimate of drug-likeness (QED) is 0.0497. The van der Waals surface area contributed by atoms with Crippen molar-refractivity contribution in [3.05, 3.63) is 0 Å². The van der Waals surface area contributed by atoms with Crippen LogP contribution in [-0.4, -0.2) is 122 Å². The van der Waals surface area contributed by atoms with Gasteiger partial charge in [-0.15, -0.1) is 0 Å². The first kappa shape index (κ1) is 43.2. The molecule has 0 aromatic carbocycles. The number of aliphatic carboxylic acids is 3. The van der Waals surface area contributed by atoms with Crippen molar-refractivity contribution in [3.63, 3.8) is 0 Å². The molecule has 48 heavy (non-hydrogen) atoms. The van der Waals surface area contributed by atoms with Crippen LogP contribution < -0.4 is 0 Å². The summed E-state index contributed by atoms with van der Waals surface area (Å²) in [5, 5.41) is 26.6. The average molecular weight is 762 g/mol. The summed E-state index contributed by atoms with van der Waals surface area (Å²) >= 11 is 0. The Kier molecular flexibility index (Phi) is 16.9. The number of phosphoric acid groups is 3. The average Bonchev–Trinajstić information content (AvgIpc) is 2.98. The maximum absolute atomic E-state index is 12.9. The molecule has 1 aliphatic carbocycles. The fourth-order valence-electron chi connectivity index (χ4n) is 3.55. The summed E-state index contributed by atoms with van der Waals surface area (Å²) in [5.41, 5.74) is 0. The molecule has 5 unspecified atom stereocenters. The summed E-state index contributed by atoms with van der Waals surface area (Å²) in [7, 11) is -17.3. The zero-order valence-electron chi connectivity index (χ0n) is 25.1. The van der Waals surface area contributed by atoms with Gasteiger partial charge in [-0.3, -0.25) is 41.5 Å². The van der Waals surface area contributed by atoms with Gasteiger partial charge in [-0.2, -0.15) is 0 Å². The summed E-state index contributed by atoms with van der Waals surface area (Å²) in [6.45, 7) is -0.948. The molecule has 1 aliphatic rings. The molecule has 276 valence electrons. The third-order valence-electron chi connectivity index (χ3n) is 5.43. The zero-order valence-corrected chi connectivity index (χ0v) is 27.8. The molecule has 0 amide bonds. The Bertz CT molecular complexity index is 1260. The standard InChI is InChI=1S/C21H33O24P3/c1-4-13(28)40-16-17(41-14(29)5-2)19(43-46(31,32)37-7-10(22)23)21(45-48(35,36)39-9-12(26)27)20(18(16)42-15(30)6-3)44-47(33,34)38-8-11(24)25/h16-21H,4-9H2,1-3H3,(H,22,23)(H,24,25)(H,26,27)(H,31,32)(H,33,34)(H,35,36)/t16?,17-,18+,19-,20-,21?/m0/s1. The van der Waals surface area contributed by atoms with Gasteiger partial charge in [0, 0.05) is 19.3 Å². The first-order valence-corrected chi connectivity index (χ1v) is 17.8. The second-order valence-electron chi connectivity index (χ2n) is 9.04. The summed E-state index contributed by atoms with van der Waals surface area (Å²) in [4.78, 5) is 102. The molecular weight excluding hydrogens is 729 g/mol. The number of carbonyl (C=O) groups excluding carboxylic acids is 3. The normalized spacial score (nSPS) is 26.1. The van der Waals surface area contributed by atoms with Crippen molar-refractivity contribution in [2.45, 2.75) is 76.7 Å². The number of esters is 3. The van der Waals surface area contributed by atoms with Crippen LogP contribution in [0.1, 0.15) is 40.0 Å². The lowest BCUT2D eigenvalue weighted by Gasteiger charge is -2.48. The Morgan fingerprint density at radius 1 is 0.458 bits per heavy atom. The fraction of sp³-hybridized carbons (Fsp3) is 0.714. The number of ether oxygens (including phenoxy) is 3. The predicted molar refractivity (Wildman–Crippen MR) is 145 cm³/mol. The van der Waals surface area contributed by atoms with Gasteiger partial charge in [0.15, 0.2) is 38.1 Å². The SMILES string of the molecule is CCC(=O)OC1[C@@H](OC(=O)CC)[C@H](OP(=O)(O)OCC(=O)O)C(OP(=O)(O)OCC(=O)O)[C@@H](OP(=O)(O)OCC(=O)O)[C@H]1OC(=O)CC. The summed E-state index contributed by atoms with van der Waals surface area (Å²) in [5.74, 6) is -9.16. The van der Waals surface area contributed by atoms with Crippen LogP contribution in [0.2, 0.25) is 0 Å². The highest BCUT2D eigenvalue weighted by Gasteiger charge is 2.62. The number of hydrogen-bond donors (Lipinski definition) is 6. The van der Waals surface area contributed by atoms with E-state index >= 15 is 0 Å². The Balaban J connectivity index is 4.15. The molecule has 0 aromatic heterocycles. The molecule has 9 atom stereocenters. The molecule has 0 bridgehead atoms. The summed E-state index contributed by atoms with van der Waals surface area (Å²) < 4.78 is 81.9. The first-order chi connectivity index (χ1) is 22.1. The monoisotopic (exact) mass is 762 g/mol. The van der Waals surface area contributed by atoms with Crippen LogP contribution in [0.4, 0.5) is 0 Å². The predicted octanol–water partition coefficient (Wildman–Crippen LogP) is -0.274. The van der Waals surface area contributed by atoms with Gasteiger partial charge >= 0.3 is 59.3 Å². The molecule has 6 N–H and O–H groups in total.